The van der Waals surface area contributed by atoms with Crippen molar-refractivity contribution in [3.05, 3.63) is 113 Å². The summed E-state index contributed by atoms with van der Waals surface area (Å²) < 4.78 is -0.498. The highest BCUT2D eigenvalue weighted by Gasteiger charge is 2.43. The second kappa shape index (κ2) is 11.9. The Kier molecular flexibility index (Phi) is 8.32. The van der Waals surface area contributed by atoms with Crippen LogP contribution in [0.4, 0.5) is 28.4 Å². The Bertz CT molecular complexity index is 1450. The van der Waals surface area contributed by atoms with E-state index < -0.39 is 4.75 Å². The lowest BCUT2D eigenvalue weighted by Crippen LogP contribution is -2.32. The van der Waals surface area contributed by atoms with E-state index >= 15 is 0 Å². The smallest absolute Gasteiger partial charge is 0.167 e. The number of benzene rings is 4. The quantitative estimate of drug-likeness (QED) is 0.234. The summed E-state index contributed by atoms with van der Waals surface area (Å²) >= 11 is 1.78. The van der Waals surface area contributed by atoms with Gasteiger partial charge in [-0.2, -0.15) is 0 Å². The number of hydrogen-bond donors (Lipinski definition) is 1. The zero-order valence-corrected chi connectivity index (χ0v) is 26.1. The van der Waals surface area contributed by atoms with E-state index in [0.29, 0.717) is 0 Å². The fourth-order valence-electron chi connectivity index (χ4n) is 5.43. The van der Waals surface area contributed by atoms with Crippen molar-refractivity contribution in [1.29, 1.82) is 0 Å². The van der Waals surface area contributed by atoms with Crippen LogP contribution in [0.5, 0.6) is 0 Å². The third kappa shape index (κ3) is 5.66. The number of rotatable bonds is 8. The number of aliphatic imine (C=N–C) groups is 1. The number of aryl methyl sites for hydroxylation is 1. The molecule has 0 unspecified atom stereocenters. The summed E-state index contributed by atoms with van der Waals surface area (Å²) in [6.07, 6.45) is 0. The molecular formula is C35H41N5S. The number of hydrogen-bond acceptors (Lipinski definition) is 6. The molecule has 0 saturated heterocycles. The average molecular weight is 564 g/mol. The van der Waals surface area contributed by atoms with E-state index in [1.165, 1.54) is 39.3 Å². The van der Waals surface area contributed by atoms with E-state index in [4.69, 9.17) is 4.99 Å². The maximum absolute atomic E-state index is 5.24. The zero-order chi connectivity index (χ0) is 29.1. The van der Waals surface area contributed by atoms with E-state index in [1.807, 2.05) is 0 Å². The Labute approximate surface area is 249 Å². The molecule has 41 heavy (non-hydrogen) atoms. The number of fused-ring (bicyclic) bond motifs is 1. The van der Waals surface area contributed by atoms with Crippen LogP contribution in [0.15, 0.2) is 96.0 Å². The van der Waals surface area contributed by atoms with Crippen molar-refractivity contribution in [3.8, 4) is 0 Å². The van der Waals surface area contributed by atoms with Gasteiger partial charge >= 0.3 is 0 Å². The molecule has 5 rings (SSSR count). The van der Waals surface area contributed by atoms with Gasteiger partial charge in [0.15, 0.2) is 5.17 Å². The second-order valence-electron chi connectivity index (χ2n) is 10.9. The van der Waals surface area contributed by atoms with Gasteiger partial charge in [0.1, 0.15) is 4.75 Å². The molecule has 1 aliphatic heterocycles. The lowest BCUT2D eigenvalue weighted by Gasteiger charge is -2.39. The van der Waals surface area contributed by atoms with Crippen molar-refractivity contribution >= 4 is 45.4 Å². The average Bonchev–Trinajstić information content (AvgIpc) is 2.98. The van der Waals surface area contributed by atoms with Crippen LogP contribution in [0.2, 0.25) is 0 Å². The highest BCUT2D eigenvalue weighted by Crippen LogP contribution is 2.55. The standard InChI is InChI=1S/C35H41N5S/c1-8-40(9-2)31-22-23-32-33(24-31)37-34(36-28-16-10-25(3)11-17-28)41-35(32,26-12-18-29(19-13-26)38(4)5)27-14-20-30(21-15-27)39(6)7/h10-24H,8-9H2,1-7H3,(H,36,37). The van der Waals surface area contributed by atoms with Gasteiger partial charge in [0, 0.05) is 69.6 Å². The van der Waals surface area contributed by atoms with Crippen molar-refractivity contribution < 1.29 is 0 Å². The molecule has 0 aliphatic carbocycles. The molecule has 0 amide bonds. The van der Waals surface area contributed by atoms with Crippen molar-refractivity contribution in [2.75, 3.05) is 61.3 Å². The Morgan fingerprint density at radius 1 is 0.683 bits per heavy atom. The Morgan fingerprint density at radius 3 is 1.68 bits per heavy atom. The summed E-state index contributed by atoms with van der Waals surface area (Å²) in [5, 5.41) is 4.54. The minimum absolute atomic E-state index is 0.498. The van der Waals surface area contributed by atoms with Crippen molar-refractivity contribution in [2.24, 2.45) is 4.99 Å². The number of thioether (sulfide) groups is 1. The van der Waals surface area contributed by atoms with Gasteiger partial charge < -0.3 is 20.0 Å². The van der Waals surface area contributed by atoms with Crippen LogP contribution in [-0.4, -0.2) is 46.4 Å². The molecule has 0 fully saturated rings. The first-order chi connectivity index (χ1) is 19.7. The first-order valence-electron chi connectivity index (χ1n) is 14.3. The Hall–Kier alpha value is -3.90. The lowest BCUT2D eigenvalue weighted by molar-refractivity contribution is 0.860. The van der Waals surface area contributed by atoms with Gasteiger partial charge in [0.25, 0.3) is 0 Å². The largest absolute Gasteiger partial charge is 0.378 e. The molecule has 1 aliphatic rings. The maximum atomic E-state index is 5.24. The van der Waals surface area contributed by atoms with Crippen LogP contribution in [0.3, 0.4) is 0 Å². The normalized spacial score (nSPS) is 13.7. The first kappa shape index (κ1) is 28.6. The Balaban J connectivity index is 1.74. The molecule has 4 aromatic carbocycles. The molecule has 4 aromatic rings. The molecule has 0 aromatic heterocycles. The third-order valence-corrected chi connectivity index (χ3v) is 9.23. The van der Waals surface area contributed by atoms with Crippen LogP contribution in [-0.2, 0) is 4.75 Å². The topological polar surface area (TPSA) is 34.1 Å². The van der Waals surface area contributed by atoms with E-state index in [0.717, 1.165) is 29.6 Å². The summed E-state index contributed by atoms with van der Waals surface area (Å²) in [6, 6.07) is 33.3. The molecule has 0 atom stereocenters. The molecule has 6 heteroatoms. The highest BCUT2D eigenvalue weighted by molar-refractivity contribution is 8.15. The molecule has 0 bridgehead atoms. The number of nitrogens with one attached hydrogen (secondary N) is 1. The zero-order valence-electron chi connectivity index (χ0n) is 25.3. The lowest BCUT2D eigenvalue weighted by atomic mass is 9.82. The van der Waals surface area contributed by atoms with Crippen molar-refractivity contribution in [3.63, 3.8) is 0 Å². The van der Waals surface area contributed by atoms with E-state index in [-0.39, 0.29) is 0 Å². The molecule has 0 radical (unpaired) electrons. The SMILES string of the molecule is CCN(CC)c1ccc2c(c1)N=C(Nc1ccc(C)cc1)SC2(c1ccc(N(C)C)cc1)c1ccc(N(C)C)cc1. The van der Waals surface area contributed by atoms with Gasteiger partial charge in [-0.25, -0.2) is 4.99 Å². The maximum Gasteiger partial charge on any atom is 0.167 e. The molecule has 212 valence electrons. The van der Waals surface area contributed by atoms with Crippen molar-refractivity contribution in [1.82, 2.24) is 0 Å². The predicted octanol–water partition coefficient (Wildman–Crippen LogP) is 8.11. The van der Waals surface area contributed by atoms with Crippen LogP contribution < -0.4 is 20.0 Å². The van der Waals surface area contributed by atoms with Crippen molar-refractivity contribution in [2.45, 2.75) is 25.5 Å². The summed E-state index contributed by atoms with van der Waals surface area (Å²) in [7, 11) is 8.33. The van der Waals surface area contributed by atoms with E-state index in [1.54, 1.807) is 11.8 Å². The van der Waals surface area contributed by atoms with Crippen LogP contribution in [0.1, 0.15) is 36.1 Å². The molecule has 0 spiro atoms. The van der Waals surface area contributed by atoms with Gasteiger partial charge in [0.05, 0.1) is 5.69 Å². The third-order valence-electron chi connectivity index (χ3n) is 7.84. The predicted molar refractivity (Wildman–Crippen MR) is 181 cm³/mol. The molecule has 1 heterocycles. The summed E-state index contributed by atoms with van der Waals surface area (Å²) in [4.78, 5) is 11.9. The van der Waals surface area contributed by atoms with Gasteiger partial charge in [0.2, 0.25) is 0 Å². The first-order valence-corrected chi connectivity index (χ1v) is 15.1. The number of amidine groups is 1. The number of nitrogens with zero attached hydrogens (tertiary/aromatic N) is 4. The molecule has 5 nitrogen and oxygen atoms in total. The Morgan fingerprint density at radius 2 is 1.20 bits per heavy atom. The van der Waals surface area contributed by atoms with E-state index in [9.17, 15) is 0 Å². The van der Waals surface area contributed by atoms with E-state index in [2.05, 4.69) is 160 Å². The minimum atomic E-state index is -0.498. The molecule has 1 N–H and O–H groups in total. The monoisotopic (exact) mass is 563 g/mol. The van der Waals surface area contributed by atoms with Gasteiger partial charge in [-0.05, 0) is 80.4 Å². The summed E-state index contributed by atoms with van der Waals surface area (Å²) in [6.45, 7) is 8.42. The molecular weight excluding hydrogens is 522 g/mol. The molecule has 0 saturated carbocycles. The van der Waals surface area contributed by atoms with Gasteiger partial charge in [-0.3, -0.25) is 0 Å². The van der Waals surface area contributed by atoms with Crippen LogP contribution >= 0.6 is 11.8 Å². The summed E-state index contributed by atoms with van der Waals surface area (Å²) in [5.74, 6) is 0. The van der Waals surface area contributed by atoms with Crippen LogP contribution in [0.25, 0.3) is 0 Å². The van der Waals surface area contributed by atoms with Crippen LogP contribution in [0, 0.1) is 6.92 Å². The summed E-state index contributed by atoms with van der Waals surface area (Å²) in [5.41, 5.74) is 10.5. The highest BCUT2D eigenvalue weighted by atomic mass is 32.2. The minimum Gasteiger partial charge on any atom is -0.378 e. The van der Waals surface area contributed by atoms with Gasteiger partial charge in [-0.15, -0.1) is 0 Å². The number of anilines is 4. The second-order valence-corrected chi connectivity index (χ2v) is 12.2. The fraction of sp³-hybridized carbons (Fsp3) is 0.286. The van der Waals surface area contributed by atoms with Gasteiger partial charge in [-0.1, -0.05) is 59.8 Å². The fourth-order valence-corrected chi connectivity index (χ4v) is 6.82.